The zero-order chi connectivity index (χ0) is 20.1. The Morgan fingerprint density at radius 1 is 1.03 bits per heavy atom. The molecule has 2 N–H and O–H groups in total. The number of aromatic nitrogens is 2. The Kier molecular flexibility index (Phi) is 3.87. The molecule has 3 aromatic carbocycles. The van der Waals surface area contributed by atoms with Gasteiger partial charge in [-0.2, -0.15) is 0 Å². The van der Waals surface area contributed by atoms with Crippen LogP contribution in [0.25, 0.3) is 21.7 Å². The fraction of sp³-hybridized carbons (Fsp3) is 0.174. The van der Waals surface area contributed by atoms with Crippen LogP contribution in [0.2, 0.25) is 0 Å². The molecule has 0 aliphatic heterocycles. The van der Waals surface area contributed by atoms with Crippen LogP contribution < -0.4 is 16.6 Å². The minimum atomic E-state index is -0.477. The number of nitrogens with zero attached hydrogens (tertiary/aromatic N) is 1. The number of anilines is 1. The van der Waals surface area contributed by atoms with Gasteiger partial charge in [-0.1, -0.05) is 24.3 Å². The van der Waals surface area contributed by atoms with Crippen LogP contribution in [0.15, 0.2) is 58.1 Å². The van der Waals surface area contributed by atoms with Crippen LogP contribution in [-0.4, -0.2) is 15.5 Å². The molecule has 144 valence electrons. The summed E-state index contributed by atoms with van der Waals surface area (Å²) in [5, 5.41) is 5.63. The van der Waals surface area contributed by atoms with Gasteiger partial charge in [0.05, 0.1) is 10.9 Å². The summed E-state index contributed by atoms with van der Waals surface area (Å²) in [6.07, 6.45) is 2.05. The largest absolute Gasteiger partial charge is 0.328 e. The van der Waals surface area contributed by atoms with E-state index in [9.17, 15) is 14.4 Å². The third kappa shape index (κ3) is 2.68. The molecule has 1 aromatic heterocycles. The molecule has 0 saturated carbocycles. The Hall–Kier alpha value is -3.67. The number of aromatic amines is 1. The first-order chi connectivity index (χ1) is 14.1. The van der Waals surface area contributed by atoms with E-state index in [0.717, 1.165) is 28.5 Å². The molecule has 0 radical (unpaired) electrons. The molecule has 4 aromatic rings. The van der Waals surface area contributed by atoms with Crippen molar-refractivity contribution < 1.29 is 4.79 Å². The molecule has 1 aliphatic rings. The molecule has 6 nitrogen and oxygen atoms in total. The van der Waals surface area contributed by atoms with Crippen molar-refractivity contribution in [2.45, 2.75) is 26.3 Å². The molecule has 1 amide bonds. The Morgan fingerprint density at radius 3 is 2.62 bits per heavy atom. The van der Waals surface area contributed by atoms with Gasteiger partial charge in [0.15, 0.2) is 0 Å². The maximum Gasteiger partial charge on any atom is 0.328 e. The molecule has 0 bridgehead atoms. The molecule has 0 spiro atoms. The highest BCUT2D eigenvalue weighted by atomic mass is 16.2. The quantitative estimate of drug-likeness (QED) is 0.568. The number of rotatable bonds is 3. The number of nitrogens with one attached hydrogen (secondary N) is 2. The van der Waals surface area contributed by atoms with Gasteiger partial charge in [0.25, 0.3) is 11.5 Å². The summed E-state index contributed by atoms with van der Waals surface area (Å²) in [6.45, 7) is 2.03. The second-order valence-electron chi connectivity index (χ2n) is 7.31. The predicted molar refractivity (Wildman–Crippen MR) is 114 cm³/mol. The summed E-state index contributed by atoms with van der Waals surface area (Å²) in [7, 11) is 0. The lowest BCUT2D eigenvalue weighted by Crippen LogP contribution is -2.34. The minimum absolute atomic E-state index is 0.286. The lowest BCUT2D eigenvalue weighted by atomic mass is 10.0. The van der Waals surface area contributed by atoms with E-state index in [1.807, 2.05) is 18.2 Å². The fourth-order valence-electron chi connectivity index (χ4n) is 4.23. The first-order valence-corrected chi connectivity index (χ1v) is 9.68. The summed E-state index contributed by atoms with van der Waals surface area (Å²) in [6, 6.07) is 14.9. The molecular formula is C23H19N3O3. The highest BCUT2D eigenvalue weighted by Crippen LogP contribution is 2.35. The zero-order valence-corrected chi connectivity index (χ0v) is 15.9. The SMILES string of the molecule is CCn1c(=O)[nH]c2cc(C(=O)Nc3ccc4c5c(cccc35)CC4)ccc2c1=O. The zero-order valence-electron chi connectivity index (χ0n) is 15.9. The highest BCUT2D eigenvalue weighted by Gasteiger charge is 2.17. The minimum Gasteiger partial charge on any atom is -0.321 e. The average molecular weight is 385 g/mol. The molecule has 0 atom stereocenters. The van der Waals surface area contributed by atoms with Crippen LogP contribution in [0.4, 0.5) is 5.69 Å². The maximum absolute atomic E-state index is 12.9. The van der Waals surface area contributed by atoms with Crippen molar-refractivity contribution in [1.29, 1.82) is 0 Å². The van der Waals surface area contributed by atoms with Crippen LogP contribution in [0.1, 0.15) is 28.4 Å². The van der Waals surface area contributed by atoms with Gasteiger partial charge in [0, 0.05) is 23.2 Å². The van der Waals surface area contributed by atoms with Crippen LogP contribution >= 0.6 is 0 Å². The average Bonchev–Trinajstić information content (AvgIpc) is 3.14. The van der Waals surface area contributed by atoms with Crippen molar-refractivity contribution in [2.75, 3.05) is 5.32 Å². The second kappa shape index (κ2) is 6.44. The molecule has 0 saturated heterocycles. The highest BCUT2D eigenvalue weighted by molar-refractivity contribution is 6.11. The molecule has 0 fully saturated rings. The Morgan fingerprint density at radius 2 is 1.83 bits per heavy atom. The topological polar surface area (TPSA) is 84.0 Å². The monoisotopic (exact) mass is 385 g/mol. The normalized spacial score (nSPS) is 12.6. The molecule has 5 rings (SSSR count). The summed E-state index contributed by atoms with van der Waals surface area (Å²) in [5.74, 6) is -0.286. The van der Waals surface area contributed by atoms with Crippen molar-refractivity contribution in [3.63, 3.8) is 0 Å². The van der Waals surface area contributed by atoms with Crippen LogP contribution in [-0.2, 0) is 19.4 Å². The number of carbonyl (C=O) groups excluding carboxylic acids is 1. The Labute approximate surface area is 165 Å². The van der Waals surface area contributed by atoms with Gasteiger partial charge in [-0.15, -0.1) is 0 Å². The van der Waals surface area contributed by atoms with Crippen molar-refractivity contribution in [1.82, 2.24) is 9.55 Å². The molecule has 1 aliphatic carbocycles. The van der Waals surface area contributed by atoms with Crippen LogP contribution in [0.5, 0.6) is 0 Å². The van der Waals surface area contributed by atoms with Crippen molar-refractivity contribution in [3.8, 4) is 0 Å². The van der Waals surface area contributed by atoms with Gasteiger partial charge in [0.2, 0.25) is 0 Å². The maximum atomic E-state index is 12.9. The Balaban J connectivity index is 1.55. The predicted octanol–water partition coefficient (Wildman–Crippen LogP) is 3.21. The molecule has 6 heteroatoms. The Bertz CT molecular complexity index is 1420. The van der Waals surface area contributed by atoms with E-state index in [1.54, 1.807) is 25.1 Å². The van der Waals surface area contributed by atoms with Crippen LogP contribution in [0.3, 0.4) is 0 Å². The summed E-state index contributed by atoms with van der Waals surface area (Å²) in [4.78, 5) is 40.1. The second-order valence-corrected chi connectivity index (χ2v) is 7.31. The van der Waals surface area contributed by atoms with E-state index in [1.165, 1.54) is 16.5 Å². The van der Waals surface area contributed by atoms with Crippen molar-refractivity contribution >= 4 is 33.3 Å². The van der Waals surface area contributed by atoms with Crippen molar-refractivity contribution in [2.24, 2.45) is 0 Å². The van der Waals surface area contributed by atoms with Gasteiger partial charge in [-0.25, -0.2) is 4.79 Å². The first kappa shape index (κ1) is 17.4. The molecule has 29 heavy (non-hydrogen) atoms. The lowest BCUT2D eigenvalue weighted by molar-refractivity contribution is 0.102. The fourth-order valence-corrected chi connectivity index (χ4v) is 4.23. The van der Waals surface area contributed by atoms with Gasteiger partial charge in [0.1, 0.15) is 0 Å². The first-order valence-electron chi connectivity index (χ1n) is 9.68. The third-order valence-corrected chi connectivity index (χ3v) is 5.69. The number of H-pyrrole nitrogens is 1. The number of hydrogen-bond acceptors (Lipinski definition) is 3. The summed E-state index contributed by atoms with van der Waals surface area (Å²) < 4.78 is 1.13. The van der Waals surface area contributed by atoms with Crippen LogP contribution in [0, 0.1) is 0 Å². The number of hydrogen-bond donors (Lipinski definition) is 2. The summed E-state index contributed by atoms with van der Waals surface area (Å²) in [5.41, 5.74) is 3.28. The summed E-state index contributed by atoms with van der Waals surface area (Å²) >= 11 is 0. The lowest BCUT2D eigenvalue weighted by Gasteiger charge is -2.11. The van der Waals surface area contributed by atoms with Crippen molar-refractivity contribution in [3.05, 3.63) is 86.1 Å². The van der Waals surface area contributed by atoms with E-state index in [0.29, 0.717) is 16.5 Å². The molecular weight excluding hydrogens is 366 g/mol. The number of aryl methyl sites for hydroxylation is 2. The standard InChI is InChI=1S/C23H19N3O3/c1-2-26-22(28)17-10-8-15(12-19(17)25-23(26)29)21(27)24-18-11-9-14-7-6-13-4-3-5-16(18)20(13)14/h3-5,8-12H,2,6-7H2,1H3,(H,24,27)(H,25,29). The number of fused-ring (bicyclic) bond motifs is 1. The third-order valence-electron chi connectivity index (χ3n) is 5.69. The smallest absolute Gasteiger partial charge is 0.321 e. The van der Waals surface area contributed by atoms with E-state index in [2.05, 4.69) is 22.4 Å². The van der Waals surface area contributed by atoms with E-state index < -0.39 is 5.69 Å². The van der Waals surface area contributed by atoms with E-state index in [-0.39, 0.29) is 18.0 Å². The number of amides is 1. The number of carbonyl (C=O) groups is 1. The molecule has 0 unspecified atom stereocenters. The van der Waals surface area contributed by atoms with Gasteiger partial charge in [-0.3, -0.25) is 14.2 Å². The van der Waals surface area contributed by atoms with Gasteiger partial charge < -0.3 is 10.3 Å². The van der Waals surface area contributed by atoms with E-state index in [4.69, 9.17) is 0 Å². The number of benzene rings is 3. The van der Waals surface area contributed by atoms with E-state index >= 15 is 0 Å². The van der Waals surface area contributed by atoms with Gasteiger partial charge in [-0.05, 0) is 60.5 Å². The van der Waals surface area contributed by atoms with Gasteiger partial charge >= 0.3 is 5.69 Å². The molecule has 1 heterocycles.